The molecule has 0 fully saturated rings. The van der Waals surface area contributed by atoms with Gasteiger partial charge in [0.25, 0.3) is 0 Å². The number of hydrogen-bond donors (Lipinski definition) is 1. The fraction of sp³-hybridized carbons (Fsp3) is 0.462. The number of aryl methyl sites for hydroxylation is 1. The molecule has 0 aromatic heterocycles. The lowest BCUT2D eigenvalue weighted by Crippen LogP contribution is -2.53. The number of hydrogen-bond acceptors (Lipinski definition) is 5. The van der Waals surface area contributed by atoms with Crippen molar-refractivity contribution in [1.29, 1.82) is 0 Å². The molecule has 35 heavy (non-hydrogen) atoms. The summed E-state index contributed by atoms with van der Waals surface area (Å²) in [5, 5.41) is 2.88. The van der Waals surface area contributed by atoms with Crippen LogP contribution in [0.4, 0.5) is 5.69 Å². The second kappa shape index (κ2) is 12.6. The van der Waals surface area contributed by atoms with E-state index in [9.17, 15) is 18.0 Å². The minimum absolute atomic E-state index is 0.0981. The Morgan fingerprint density at radius 3 is 2.00 bits per heavy atom. The van der Waals surface area contributed by atoms with Crippen LogP contribution in [0.1, 0.15) is 45.2 Å². The molecule has 0 spiro atoms. The van der Waals surface area contributed by atoms with Gasteiger partial charge in [0.2, 0.25) is 21.8 Å². The molecule has 0 aliphatic carbocycles. The largest absolute Gasteiger partial charge is 0.497 e. The maximum absolute atomic E-state index is 13.6. The smallest absolute Gasteiger partial charge is 0.244 e. The van der Waals surface area contributed by atoms with E-state index in [1.165, 1.54) is 4.90 Å². The molecule has 1 N–H and O–H groups in total. The number of nitrogens with zero attached hydrogens (tertiary/aromatic N) is 2. The van der Waals surface area contributed by atoms with E-state index in [1.807, 2.05) is 52.0 Å². The van der Waals surface area contributed by atoms with Gasteiger partial charge >= 0.3 is 0 Å². The van der Waals surface area contributed by atoms with Crippen LogP contribution in [0.25, 0.3) is 0 Å². The average molecular weight is 504 g/mol. The first-order valence-electron chi connectivity index (χ1n) is 11.8. The van der Waals surface area contributed by atoms with Gasteiger partial charge in [-0.15, -0.1) is 0 Å². The summed E-state index contributed by atoms with van der Waals surface area (Å²) in [4.78, 5) is 28.1. The Hall–Kier alpha value is -3.07. The van der Waals surface area contributed by atoms with Gasteiger partial charge in [0.1, 0.15) is 18.3 Å². The quantitative estimate of drug-likeness (QED) is 0.479. The lowest BCUT2D eigenvalue weighted by Gasteiger charge is -2.33. The van der Waals surface area contributed by atoms with E-state index in [0.717, 1.165) is 28.1 Å². The number of sulfonamides is 1. The average Bonchev–Trinajstić information content (AvgIpc) is 2.81. The molecule has 0 saturated carbocycles. The van der Waals surface area contributed by atoms with Gasteiger partial charge in [-0.05, 0) is 62.1 Å². The predicted molar refractivity (Wildman–Crippen MR) is 139 cm³/mol. The molecule has 0 bridgehead atoms. The van der Waals surface area contributed by atoms with Crippen molar-refractivity contribution in [1.82, 2.24) is 10.2 Å². The number of anilines is 1. The van der Waals surface area contributed by atoms with Gasteiger partial charge in [-0.25, -0.2) is 8.42 Å². The molecule has 2 aromatic carbocycles. The third-order valence-electron chi connectivity index (χ3n) is 5.64. The van der Waals surface area contributed by atoms with Crippen LogP contribution in [0, 0.1) is 0 Å². The second-order valence-corrected chi connectivity index (χ2v) is 10.7. The highest BCUT2D eigenvalue weighted by atomic mass is 32.2. The SMILES string of the molecule is CCc1ccc(N(CC(=O)N(Cc2ccc(OC)cc2)[C@H](CC)C(=O)NC(C)C)S(C)(=O)=O)cc1. The molecular formula is C26H37N3O5S. The Balaban J connectivity index is 2.42. The number of rotatable bonds is 12. The minimum Gasteiger partial charge on any atom is -0.497 e. The third kappa shape index (κ3) is 7.99. The number of carbonyl (C=O) groups excluding carboxylic acids is 2. The number of amides is 2. The first-order chi connectivity index (χ1) is 16.5. The molecule has 9 heteroatoms. The number of nitrogens with one attached hydrogen (secondary N) is 1. The Kier molecular flexibility index (Phi) is 10.1. The van der Waals surface area contributed by atoms with E-state index in [4.69, 9.17) is 4.74 Å². The molecule has 0 aliphatic rings. The van der Waals surface area contributed by atoms with Gasteiger partial charge in [0, 0.05) is 12.6 Å². The summed E-state index contributed by atoms with van der Waals surface area (Å²) >= 11 is 0. The van der Waals surface area contributed by atoms with Gasteiger partial charge in [0.05, 0.1) is 19.1 Å². The van der Waals surface area contributed by atoms with E-state index in [1.54, 1.807) is 31.4 Å². The van der Waals surface area contributed by atoms with Crippen LogP contribution in [-0.4, -0.2) is 57.1 Å². The summed E-state index contributed by atoms with van der Waals surface area (Å²) in [5.74, 6) is -0.0610. The molecule has 0 aliphatic heterocycles. The molecule has 2 amide bonds. The van der Waals surface area contributed by atoms with E-state index < -0.39 is 28.5 Å². The van der Waals surface area contributed by atoms with Crippen LogP contribution in [-0.2, 0) is 32.6 Å². The van der Waals surface area contributed by atoms with Crippen LogP contribution in [0.3, 0.4) is 0 Å². The zero-order chi connectivity index (χ0) is 26.2. The molecule has 2 rings (SSSR count). The van der Waals surface area contributed by atoms with Crippen molar-refractivity contribution in [2.24, 2.45) is 0 Å². The lowest BCUT2D eigenvalue weighted by atomic mass is 10.1. The Morgan fingerprint density at radius 1 is 0.971 bits per heavy atom. The van der Waals surface area contributed by atoms with Crippen molar-refractivity contribution in [2.75, 3.05) is 24.2 Å². The normalized spacial score (nSPS) is 12.2. The van der Waals surface area contributed by atoms with Crippen molar-refractivity contribution < 1.29 is 22.7 Å². The summed E-state index contributed by atoms with van der Waals surface area (Å²) < 4.78 is 31.6. The Morgan fingerprint density at radius 2 is 1.54 bits per heavy atom. The van der Waals surface area contributed by atoms with Gasteiger partial charge in [-0.1, -0.05) is 38.1 Å². The summed E-state index contributed by atoms with van der Waals surface area (Å²) in [5.41, 5.74) is 2.27. The fourth-order valence-corrected chi connectivity index (χ4v) is 4.59. The second-order valence-electron chi connectivity index (χ2n) is 8.75. The highest BCUT2D eigenvalue weighted by molar-refractivity contribution is 7.92. The van der Waals surface area contributed by atoms with Gasteiger partial charge in [-0.2, -0.15) is 0 Å². The van der Waals surface area contributed by atoms with Crippen molar-refractivity contribution in [3.63, 3.8) is 0 Å². The zero-order valence-electron chi connectivity index (χ0n) is 21.4. The van der Waals surface area contributed by atoms with Gasteiger partial charge in [0.15, 0.2) is 0 Å². The summed E-state index contributed by atoms with van der Waals surface area (Å²) in [7, 11) is -2.18. The molecule has 0 heterocycles. The molecular weight excluding hydrogens is 466 g/mol. The first-order valence-corrected chi connectivity index (χ1v) is 13.6. The zero-order valence-corrected chi connectivity index (χ0v) is 22.3. The van der Waals surface area contributed by atoms with E-state index >= 15 is 0 Å². The van der Waals surface area contributed by atoms with E-state index in [-0.39, 0.29) is 18.5 Å². The summed E-state index contributed by atoms with van der Waals surface area (Å²) in [6.45, 7) is 7.29. The topological polar surface area (TPSA) is 96.0 Å². The molecule has 0 radical (unpaired) electrons. The minimum atomic E-state index is -3.75. The third-order valence-corrected chi connectivity index (χ3v) is 6.78. The highest BCUT2D eigenvalue weighted by Gasteiger charge is 2.32. The van der Waals surface area contributed by atoms with Crippen LogP contribution in [0.5, 0.6) is 5.75 Å². The number of methoxy groups -OCH3 is 1. The molecule has 192 valence electrons. The Bertz CT molecular complexity index is 1080. The number of ether oxygens (including phenoxy) is 1. The highest BCUT2D eigenvalue weighted by Crippen LogP contribution is 2.21. The van der Waals surface area contributed by atoms with Crippen molar-refractivity contribution in [2.45, 2.75) is 59.2 Å². The van der Waals surface area contributed by atoms with Crippen LogP contribution < -0.4 is 14.4 Å². The maximum atomic E-state index is 13.6. The fourth-order valence-electron chi connectivity index (χ4n) is 3.74. The van der Waals surface area contributed by atoms with Crippen LogP contribution in [0.2, 0.25) is 0 Å². The lowest BCUT2D eigenvalue weighted by molar-refractivity contribution is -0.140. The molecule has 1 atom stereocenters. The van der Waals surface area contributed by atoms with Crippen molar-refractivity contribution in [3.8, 4) is 5.75 Å². The standard InChI is InChI=1S/C26H37N3O5S/c1-7-20-9-13-22(14-10-20)29(35(6,32)33)18-25(30)28(24(8-2)26(31)27-19(3)4)17-21-11-15-23(34-5)16-12-21/h9-16,19,24H,7-8,17-18H2,1-6H3,(H,27,31)/t24-/m1/s1. The van der Waals surface area contributed by atoms with Crippen molar-refractivity contribution in [3.05, 3.63) is 59.7 Å². The predicted octanol–water partition coefficient (Wildman–Crippen LogP) is 3.36. The van der Waals surface area contributed by atoms with Crippen molar-refractivity contribution >= 4 is 27.5 Å². The number of benzene rings is 2. The van der Waals surface area contributed by atoms with E-state index in [2.05, 4.69) is 5.32 Å². The molecule has 0 unspecified atom stereocenters. The van der Waals surface area contributed by atoms with Crippen LogP contribution >= 0.6 is 0 Å². The summed E-state index contributed by atoms with van der Waals surface area (Å²) in [6.07, 6.45) is 2.27. The van der Waals surface area contributed by atoms with E-state index in [0.29, 0.717) is 17.9 Å². The first kappa shape index (κ1) is 28.2. The molecule has 8 nitrogen and oxygen atoms in total. The Labute approximate surface area is 209 Å². The summed E-state index contributed by atoms with van der Waals surface area (Å²) in [6, 6.07) is 13.4. The monoisotopic (exact) mass is 503 g/mol. The number of carbonyl (C=O) groups is 2. The maximum Gasteiger partial charge on any atom is 0.244 e. The van der Waals surface area contributed by atoms with Crippen LogP contribution in [0.15, 0.2) is 48.5 Å². The van der Waals surface area contributed by atoms with Gasteiger partial charge in [-0.3, -0.25) is 13.9 Å². The molecule has 0 saturated heterocycles. The molecule has 2 aromatic rings. The van der Waals surface area contributed by atoms with Gasteiger partial charge < -0.3 is 15.0 Å².